The number of anilines is 2. The summed E-state index contributed by atoms with van der Waals surface area (Å²) in [5, 5.41) is 11.6. The van der Waals surface area contributed by atoms with Crippen LogP contribution in [-0.2, 0) is 13.0 Å². The van der Waals surface area contributed by atoms with Gasteiger partial charge >= 0.3 is 0 Å². The van der Waals surface area contributed by atoms with Gasteiger partial charge in [-0.3, -0.25) is 4.79 Å². The van der Waals surface area contributed by atoms with Gasteiger partial charge in [-0.2, -0.15) is 14.8 Å². The molecule has 0 bridgehead atoms. The van der Waals surface area contributed by atoms with Crippen LogP contribution in [0.1, 0.15) is 21.6 Å². The van der Waals surface area contributed by atoms with E-state index in [1.54, 1.807) is 29.1 Å². The summed E-state index contributed by atoms with van der Waals surface area (Å²) >= 11 is 0. The number of nitrogens with one attached hydrogen (secondary N) is 2. The van der Waals surface area contributed by atoms with Crippen LogP contribution in [0.25, 0.3) is 16.9 Å². The molecule has 2 aromatic carbocycles. The van der Waals surface area contributed by atoms with Crippen molar-refractivity contribution >= 4 is 28.3 Å². The highest BCUT2D eigenvalue weighted by molar-refractivity contribution is 6.05. The average Bonchev–Trinajstić information content (AvgIpc) is 3.38. The van der Waals surface area contributed by atoms with E-state index in [2.05, 4.69) is 25.7 Å². The zero-order valence-electron chi connectivity index (χ0n) is 15.9. The van der Waals surface area contributed by atoms with E-state index in [0.717, 1.165) is 29.9 Å². The third-order valence-corrected chi connectivity index (χ3v) is 5.05. The average molecular weight is 403 g/mol. The molecular weight excluding hydrogens is 385 g/mol. The number of nitrogens with zero attached hydrogens (tertiary/aromatic N) is 4. The number of rotatable bonds is 5. The summed E-state index contributed by atoms with van der Waals surface area (Å²) < 4.78 is 15.1. The van der Waals surface area contributed by atoms with Gasteiger partial charge in [-0.15, -0.1) is 0 Å². The number of halogens is 1. The molecule has 0 fully saturated rings. The second kappa shape index (κ2) is 7.11. The number of fused-ring (bicyclic) bond motifs is 2. The van der Waals surface area contributed by atoms with Crippen molar-refractivity contribution in [3.63, 3.8) is 0 Å². The summed E-state index contributed by atoms with van der Waals surface area (Å²) in [6, 6.07) is 11.7. The minimum Gasteiger partial charge on any atom is -0.380 e. The second-order valence-electron chi connectivity index (χ2n) is 7.01. The van der Waals surface area contributed by atoms with Crippen LogP contribution in [0.4, 0.5) is 15.9 Å². The van der Waals surface area contributed by atoms with E-state index in [9.17, 15) is 9.18 Å². The molecule has 3 heterocycles. The predicted octanol–water partition coefficient (Wildman–Crippen LogP) is 2.63. The lowest BCUT2D eigenvalue weighted by Gasteiger charge is -2.13. The largest absolute Gasteiger partial charge is 0.380 e. The van der Waals surface area contributed by atoms with Crippen molar-refractivity contribution in [3.05, 3.63) is 71.3 Å². The fourth-order valence-corrected chi connectivity index (χ4v) is 3.65. The Hall–Kier alpha value is -4.01. The van der Waals surface area contributed by atoms with Crippen molar-refractivity contribution in [2.45, 2.75) is 13.0 Å². The SMILES string of the molecule is NC(=O)c1cccc2c1cnn2-c1nc2c(c(NCc3cccc(F)c3)n1)NCC2. The highest BCUT2D eigenvalue weighted by atomic mass is 19.1. The summed E-state index contributed by atoms with van der Waals surface area (Å²) in [5.41, 5.74) is 9.07. The van der Waals surface area contributed by atoms with Crippen LogP contribution in [0, 0.1) is 5.82 Å². The highest BCUT2D eigenvalue weighted by Gasteiger charge is 2.21. The first-order valence-electron chi connectivity index (χ1n) is 9.50. The van der Waals surface area contributed by atoms with Crippen LogP contribution in [0.3, 0.4) is 0 Å². The van der Waals surface area contributed by atoms with Gasteiger partial charge in [0.25, 0.3) is 5.95 Å². The van der Waals surface area contributed by atoms with E-state index in [0.29, 0.717) is 34.8 Å². The number of hydrogen-bond donors (Lipinski definition) is 3. The van der Waals surface area contributed by atoms with Gasteiger partial charge in [-0.1, -0.05) is 18.2 Å². The molecule has 4 N–H and O–H groups in total. The molecule has 0 unspecified atom stereocenters. The quantitative estimate of drug-likeness (QED) is 0.472. The Morgan fingerprint density at radius 3 is 2.93 bits per heavy atom. The Bertz CT molecular complexity index is 1280. The van der Waals surface area contributed by atoms with Gasteiger partial charge in [0.1, 0.15) is 5.82 Å². The van der Waals surface area contributed by atoms with Gasteiger partial charge in [0.05, 0.1) is 28.7 Å². The van der Waals surface area contributed by atoms with Crippen molar-refractivity contribution in [3.8, 4) is 5.95 Å². The molecule has 0 saturated carbocycles. The second-order valence-corrected chi connectivity index (χ2v) is 7.01. The maximum absolute atomic E-state index is 13.5. The third kappa shape index (κ3) is 3.10. The van der Waals surface area contributed by atoms with Crippen molar-refractivity contribution < 1.29 is 9.18 Å². The van der Waals surface area contributed by atoms with Crippen LogP contribution >= 0.6 is 0 Å². The standard InChI is InChI=1S/C21H18FN7O/c22-13-4-1-3-12(9-13)10-25-20-18-16(7-8-24-18)27-21(28-20)29-17-6-2-5-14(19(23)30)15(17)11-26-29/h1-6,9,11,24H,7-8,10H2,(H2,23,30)(H,25,27,28). The summed E-state index contributed by atoms with van der Waals surface area (Å²) in [4.78, 5) is 21.0. The van der Waals surface area contributed by atoms with E-state index in [-0.39, 0.29) is 5.82 Å². The van der Waals surface area contributed by atoms with Crippen LogP contribution in [-0.4, -0.2) is 32.2 Å². The molecule has 0 atom stereocenters. The molecule has 0 aliphatic carbocycles. The van der Waals surface area contributed by atoms with Gasteiger partial charge in [0.2, 0.25) is 5.91 Å². The minimum absolute atomic E-state index is 0.283. The van der Waals surface area contributed by atoms with E-state index in [4.69, 9.17) is 5.73 Å². The Morgan fingerprint density at radius 1 is 1.23 bits per heavy atom. The van der Waals surface area contributed by atoms with Gasteiger partial charge in [0, 0.05) is 24.9 Å². The molecular formula is C21H18FN7O. The fraction of sp³-hybridized carbons (Fsp3) is 0.143. The normalized spacial score (nSPS) is 12.6. The number of benzene rings is 2. The zero-order valence-corrected chi connectivity index (χ0v) is 15.9. The lowest BCUT2D eigenvalue weighted by molar-refractivity contribution is 0.100. The van der Waals surface area contributed by atoms with Gasteiger partial charge < -0.3 is 16.4 Å². The molecule has 9 heteroatoms. The molecule has 1 amide bonds. The van der Waals surface area contributed by atoms with Gasteiger partial charge in [-0.05, 0) is 29.8 Å². The molecule has 8 nitrogen and oxygen atoms in total. The van der Waals surface area contributed by atoms with Crippen molar-refractivity contribution in [1.82, 2.24) is 19.7 Å². The lowest BCUT2D eigenvalue weighted by atomic mass is 10.1. The first-order valence-corrected chi connectivity index (χ1v) is 9.50. The highest BCUT2D eigenvalue weighted by Crippen LogP contribution is 2.30. The lowest BCUT2D eigenvalue weighted by Crippen LogP contribution is -2.12. The van der Waals surface area contributed by atoms with Crippen molar-refractivity contribution in [2.75, 3.05) is 17.2 Å². The zero-order chi connectivity index (χ0) is 20.7. The Balaban J connectivity index is 1.56. The molecule has 0 spiro atoms. The van der Waals surface area contributed by atoms with Gasteiger partial charge in [-0.25, -0.2) is 9.37 Å². The van der Waals surface area contributed by atoms with Crippen LogP contribution in [0.2, 0.25) is 0 Å². The maximum Gasteiger partial charge on any atom is 0.253 e. The van der Waals surface area contributed by atoms with Gasteiger partial charge in [0.15, 0.2) is 5.82 Å². The van der Waals surface area contributed by atoms with Crippen LogP contribution in [0.15, 0.2) is 48.7 Å². The fourth-order valence-electron chi connectivity index (χ4n) is 3.65. The molecule has 150 valence electrons. The topological polar surface area (TPSA) is 111 Å². The molecule has 0 radical (unpaired) electrons. The Labute approximate surface area is 170 Å². The number of aromatic nitrogens is 4. The number of nitrogens with two attached hydrogens (primary N) is 1. The molecule has 0 saturated heterocycles. The first kappa shape index (κ1) is 18.0. The maximum atomic E-state index is 13.5. The smallest absolute Gasteiger partial charge is 0.253 e. The number of primary amides is 1. The molecule has 4 aromatic rings. The Morgan fingerprint density at radius 2 is 2.10 bits per heavy atom. The van der Waals surface area contributed by atoms with E-state index in [1.807, 2.05) is 12.1 Å². The van der Waals surface area contributed by atoms with E-state index < -0.39 is 5.91 Å². The number of carbonyl (C=O) groups excluding carboxylic acids is 1. The van der Waals surface area contributed by atoms with Crippen molar-refractivity contribution in [2.24, 2.45) is 5.73 Å². The van der Waals surface area contributed by atoms with Crippen LogP contribution in [0.5, 0.6) is 0 Å². The third-order valence-electron chi connectivity index (χ3n) is 5.05. The van der Waals surface area contributed by atoms with E-state index in [1.165, 1.54) is 12.1 Å². The van der Waals surface area contributed by atoms with Crippen molar-refractivity contribution in [1.29, 1.82) is 0 Å². The van der Waals surface area contributed by atoms with E-state index >= 15 is 0 Å². The molecule has 1 aliphatic heterocycles. The summed E-state index contributed by atoms with van der Waals surface area (Å²) in [5.74, 6) is 0.202. The predicted molar refractivity (Wildman–Crippen MR) is 111 cm³/mol. The Kier molecular flexibility index (Phi) is 4.27. The molecule has 1 aliphatic rings. The number of carbonyl (C=O) groups is 1. The first-order chi connectivity index (χ1) is 14.6. The number of amides is 1. The molecule has 2 aromatic heterocycles. The summed E-state index contributed by atoms with van der Waals surface area (Å²) in [7, 11) is 0. The summed E-state index contributed by atoms with van der Waals surface area (Å²) in [6.07, 6.45) is 2.34. The molecule has 30 heavy (non-hydrogen) atoms. The number of hydrogen-bond acceptors (Lipinski definition) is 6. The molecule has 5 rings (SSSR count). The minimum atomic E-state index is -0.517. The monoisotopic (exact) mass is 403 g/mol. The summed E-state index contributed by atoms with van der Waals surface area (Å²) in [6.45, 7) is 1.17. The van der Waals surface area contributed by atoms with Crippen LogP contribution < -0.4 is 16.4 Å².